The van der Waals surface area contributed by atoms with Gasteiger partial charge in [0, 0.05) is 6.04 Å². The van der Waals surface area contributed by atoms with Crippen molar-refractivity contribution >= 4 is 5.91 Å². The van der Waals surface area contributed by atoms with Crippen molar-refractivity contribution in [3.05, 3.63) is 29.3 Å². The second kappa shape index (κ2) is 6.09. The summed E-state index contributed by atoms with van der Waals surface area (Å²) in [6.07, 6.45) is 4.36. The van der Waals surface area contributed by atoms with Crippen molar-refractivity contribution in [1.82, 2.24) is 5.32 Å². The number of nitrogens with one attached hydrogen (secondary N) is 1. The minimum absolute atomic E-state index is 0.0623. The van der Waals surface area contributed by atoms with Gasteiger partial charge in [-0.2, -0.15) is 0 Å². The second-order valence-electron chi connectivity index (χ2n) is 5.56. The Hall–Kier alpha value is -1.51. The molecule has 1 atom stereocenters. The van der Waals surface area contributed by atoms with Gasteiger partial charge in [0.25, 0.3) is 5.91 Å². The average Bonchev–Trinajstić information content (AvgIpc) is 2.37. The molecule has 1 aromatic carbocycles. The van der Waals surface area contributed by atoms with E-state index in [1.165, 1.54) is 30.4 Å². The van der Waals surface area contributed by atoms with Crippen LogP contribution in [0, 0.1) is 0 Å². The first-order valence-corrected chi connectivity index (χ1v) is 7.15. The highest BCUT2D eigenvalue weighted by Crippen LogP contribution is 2.25. The quantitative estimate of drug-likeness (QED) is 0.905. The number of hydrogen-bond acceptors (Lipinski definition) is 2. The molecule has 0 saturated heterocycles. The topological polar surface area (TPSA) is 38.3 Å². The molecule has 0 aromatic heterocycles. The van der Waals surface area contributed by atoms with Gasteiger partial charge in [-0.3, -0.25) is 4.79 Å². The molecule has 1 N–H and O–H groups in total. The van der Waals surface area contributed by atoms with E-state index in [4.69, 9.17) is 4.74 Å². The number of fused-ring (bicyclic) bond motifs is 1. The highest BCUT2D eigenvalue weighted by Gasteiger charge is 2.16. The molecule has 1 aliphatic carbocycles. The molecule has 0 heterocycles. The van der Waals surface area contributed by atoms with Crippen molar-refractivity contribution in [3.63, 3.8) is 0 Å². The van der Waals surface area contributed by atoms with Crippen molar-refractivity contribution < 1.29 is 9.53 Å². The molecule has 1 amide bonds. The molecule has 0 fully saturated rings. The lowest BCUT2D eigenvalue weighted by Gasteiger charge is -2.19. The van der Waals surface area contributed by atoms with Crippen LogP contribution in [0.25, 0.3) is 0 Å². The molecule has 0 unspecified atom stereocenters. The Balaban J connectivity index is 2.01. The monoisotopic (exact) mass is 261 g/mol. The average molecular weight is 261 g/mol. The van der Waals surface area contributed by atoms with Gasteiger partial charge in [-0.05, 0) is 69.7 Å². The van der Waals surface area contributed by atoms with Gasteiger partial charge in [-0.1, -0.05) is 6.07 Å². The number of aryl methyl sites for hydroxylation is 2. The molecule has 3 nitrogen and oxygen atoms in total. The van der Waals surface area contributed by atoms with E-state index in [1.807, 2.05) is 19.9 Å². The van der Waals surface area contributed by atoms with Crippen LogP contribution >= 0.6 is 0 Å². The molecule has 0 spiro atoms. The number of carbonyl (C=O) groups excluding carboxylic acids is 1. The second-order valence-corrected chi connectivity index (χ2v) is 5.56. The van der Waals surface area contributed by atoms with Gasteiger partial charge in [0.2, 0.25) is 0 Å². The van der Waals surface area contributed by atoms with E-state index < -0.39 is 6.10 Å². The number of hydrogen-bond donors (Lipinski definition) is 1. The standard InChI is InChI=1S/C16H23NO2/c1-11(2)17-16(18)12(3)19-15-9-8-13-6-4-5-7-14(13)10-15/h8-12H,4-7H2,1-3H3,(H,17,18)/t12-/m1/s1. The van der Waals surface area contributed by atoms with Crippen LogP contribution in [0.2, 0.25) is 0 Å². The van der Waals surface area contributed by atoms with E-state index in [0.717, 1.165) is 12.2 Å². The Morgan fingerprint density at radius 1 is 1.16 bits per heavy atom. The van der Waals surface area contributed by atoms with Crippen molar-refractivity contribution in [2.45, 2.75) is 58.6 Å². The van der Waals surface area contributed by atoms with Gasteiger partial charge >= 0.3 is 0 Å². The summed E-state index contributed by atoms with van der Waals surface area (Å²) in [5.74, 6) is 0.736. The van der Waals surface area contributed by atoms with Crippen LogP contribution in [0.15, 0.2) is 18.2 Å². The third-order valence-corrected chi connectivity index (χ3v) is 3.43. The summed E-state index contributed by atoms with van der Waals surface area (Å²) in [5.41, 5.74) is 2.80. The summed E-state index contributed by atoms with van der Waals surface area (Å²) in [7, 11) is 0. The van der Waals surface area contributed by atoms with E-state index in [2.05, 4.69) is 17.4 Å². The number of amides is 1. The van der Waals surface area contributed by atoms with Crippen LogP contribution in [0.4, 0.5) is 0 Å². The Morgan fingerprint density at radius 3 is 2.53 bits per heavy atom. The first-order valence-electron chi connectivity index (χ1n) is 7.15. The van der Waals surface area contributed by atoms with Gasteiger partial charge in [0.1, 0.15) is 5.75 Å². The van der Waals surface area contributed by atoms with Crippen LogP contribution in [-0.2, 0) is 17.6 Å². The van der Waals surface area contributed by atoms with Crippen molar-refractivity contribution in [2.75, 3.05) is 0 Å². The van der Waals surface area contributed by atoms with Crippen LogP contribution in [-0.4, -0.2) is 18.1 Å². The van der Waals surface area contributed by atoms with E-state index in [0.29, 0.717) is 0 Å². The fourth-order valence-corrected chi connectivity index (χ4v) is 2.44. The van der Waals surface area contributed by atoms with Crippen molar-refractivity contribution in [1.29, 1.82) is 0 Å². The predicted molar refractivity (Wildman–Crippen MR) is 76.5 cm³/mol. The highest BCUT2D eigenvalue weighted by atomic mass is 16.5. The Labute approximate surface area is 115 Å². The van der Waals surface area contributed by atoms with E-state index in [9.17, 15) is 4.79 Å². The zero-order valence-electron chi connectivity index (χ0n) is 12.0. The number of ether oxygens (including phenoxy) is 1. The van der Waals surface area contributed by atoms with E-state index in [-0.39, 0.29) is 11.9 Å². The molecule has 0 saturated carbocycles. The molecule has 104 valence electrons. The van der Waals surface area contributed by atoms with Gasteiger partial charge in [-0.15, -0.1) is 0 Å². The smallest absolute Gasteiger partial charge is 0.260 e. The summed E-state index contributed by atoms with van der Waals surface area (Å²) >= 11 is 0. The molecule has 0 radical (unpaired) electrons. The maximum atomic E-state index is 11.8. The van der Waals surface area contributed by atoms with Crippen LogP contribution in [0.1, 0.15) is 44.7 Å². The third kappa shape index (κ3) is 3.72. The highest BCUT2D eigenvalue weighted by molar-refractivity contribution is 5.80. The van der Waals surface area contributed by atoms with Crippen LogP contribution < -0.4 is 10.1 Å². The normalized spacial score (nSPS) is 15.8. The zero-order chi connectivity index (χ0) is 13.8. The zero-order valence-corrected chi connectivity index (χ0v) is 12.0. The summed E-state index contributed by atoms with van der Waals surface area (Å²) in [4.78, 5) is 11.8. The number of benzene rings is 1. The molecule has 3 heteroatoms. The van der Waals surface area contributed by atoms with Crippen molar-refractivity contribution in [2.24, 2.45) is 0 Å². The largest absolute Gasteiger partial charge is 0.481 e. The minimum Gasteiger partial charge on any atom is -0.481 e. The predicted octanol–water partition coefficient (Wildman–Crippen LogP) is 2.86. The Morgan fingerprint density at radius 2 is 1.84 bits per heavy atom. The minimum atomic E-state index is -0.455. The SMILES string of the molecule is CC(C)NC(=O)[C@@H](C)Oc1ccc2c(c1)CCCC2. The molecule has 0 bridgehead atoms. The fourth-order valence-electron chi connectivity index (χ4n) is 2.44. The molecule has 1 aliphatic rings. The van der Waals surface area contributed by atoms with E-state index >= 15 is 0 Å². The summed E-state index contributed by atoms with van der Waals surface area (Å²) in [6, 6.07) is 6.34. The van der Waals surface area contributed by atoms with Crippen molar-refractivity contribution in [3.8, 4) is 5.75 Å². The summed E-state index contributed by atoms with van der Waals surface area (Å²) in [5, 5.41) is 2.86. The first kappa shape index (κ1) is 13.9. The first-order chi connectivity index (χ1) is 9.06. The molecular weight excluding hydrogens is 238 g/mol. The Bertz CT molecular complexity index is 454. The van der Waals surface area contributed by atoms with Gasteiger partial charge in [-0.25, -0.2) is 0 Å². The van der Waals surface area contributed by atoms with Gasteiger partial charge in [0.05, 0.1) is 0 Å². The number of carbonyl (C=O) groups is 1. The maximum Gasteiger partial charge on any atom is 0.260 e. The van der Waals surface area contributed by atoms with E-state index in [1.54, 1.807) is 6.92 Å². The van der Waals surface area contributed by atoms with Crippen LogP contribution in [0.5, 0.6) is 5.75 Å². The lowest BCUT2D eigenvalue weighted by molar-refractivity contribution is -0.127. The maximum absolute atomic E-state index is 11.8. The lowest BCUT2D eigenvalue weighted by Crippen LogP contribution is -2.40. The molecule has 19 heavy (non-hydrogen) atoms. The fraction of sp³-hybridized carbons (Fsp3) is 0.562. The lowest BCUT2D eigenvalue weighted by atomic mass is 9.92. The molecular formula is C16H23NO2. The summed E-state index contributed by atoms with van der Waals surface area (Å²) < 4.78 is 5.73. The van der Waals surface area contributed by atoms with Gasteiger partial charge in [0.15, 0.2) is 6.10 Å². The summed E-state index contributed by atoms with van der Waals surface area (Å²) in [6.45, 7) is 5.68. The number of rotatable bonds is 4. The Kier molecular flexibility index (Phi) is 4.46. The van der Waals surface area contributed by atoms with Crippen LogP contribution in [0.3, 0.4) is 0 Å². The molecule has 2 rings (SSSR count). The molecule has 1 aromatic rings. The molecule has 0 aliphatic heterocycles. The third-order valence-electron chi connectivity index (χ3n) is 3.43. The van der Waals surface area contributed by atoms with Gasteiger partial charge < -0.3 is 10.1 Å².